The number of hydrogen-bond donors (Lipinski definition) is 1. The second kappa shape index (κ2) is 5.76. The van der Waals surface area contributed by atoms with E-state index in [1.165, 1.54) is 11.6 Å². The summed E-state index contributed by atoms with van der Waals surface area (Å²) in [6, 6.07) is 7.25. The summed E-state index contributed by atoms with van der Waals surface area (Å²) in [6.45, 7) is 0. The van der Waals surface area contributed by atoms with Gasteiger partial charge in [0.25, 0.3) is 0 Å². The molecule has 2 aromatic rings. The van der Waals surface area contributed by atoms with Crippen molar-refractivity contribution in [2.75, 3.05) is 7.05 Å². The van der Waals surface area contributed by atoms with E-state index >= 15 is 0 Å². The Morgan fingerprint density at radius 1 is 1.41 bits per heavy atom. The normalized spacial score (nSPS) is 12.6. The van der Waals surface area contributed by atoms with Gasteiger partial charge in [-0.1, -0.05) is 15.9 Å². The lowest BCUT2D eigenvalue weighted by atomic mass is 10.0. The van der Waals surface area contributed by atoms with E-state index in [9.17, 15) is 4.39 Å². The van der Waals surface area contributed by atoms with Crippen LogP contribution in [0.25, 0.3) is 0 Å². The summed E-state index contributed by atoms with van der Waals surface area (Å²) in [4.78, 5) is 0. The van der Waals surface area contributed by atoms with Crippen LogP contribution in [0.5, 0.6) is 0 Å². The van der Waals surface area contributed by atoms with Crippen LogP contribution >= 0.6 is 27.3 Å². The summed E-state index contributed by atoms with van der Waals surface area (Å²) in [7, 11) is 1.90. The first-order valence-electron chi connectivity index (χ1n) is 5.33. The number of benzene rings is 1. The lowest BCUT2D eigenvalue weighted by Gasteiger charge is -2.16. The molecule has 0 saturated heterocycles. The maximum Gasteiger partial charge on any atom is 0.124 e. The van der Waals surface area contributed by atoms with E-state index < -0.39 is 0 Å². The van der Waals surface area contributed by atoms with Gasteiger partial charge >= 0.3 is 0 Å². The van der Waals surface area contributed by atoms with Crippen LogP contribution in [0.1, 0.15) is 17.2 Å². The lowest BCUT2D eigenvalue weighted by molar-refractivity contribution is 0.577. The Hall–Kier alpha value is -0.710. The van der Waals surface area contributed by atoms with Gasteiger partial charge in [-0.3, -0.25) is 0 Å². The molecule has 0 spiro atoms. The Kier molecular flexibility index (Phi) is 4.31. The van der Waals surface area contributed by atoms with Crippen LogP contribution in [0.4, 0.5) is 4.39 Å². The van der Waals surface area contributed by atoms with Crippen LogP contribution < -0.4 is 5.32 Å². The minimum atomic E-state index is -0.208. The second-order valence-electron chi connectivity index (χ2n) is 3.88. The van der Waals surface area contributed by atoms with Gasteiger partial charge in [-0.2, -0.15) is 11.3 Å². The lowest BCUT2D eigenvalue weighted by Crippen LogP contribution is -2.18. The summed E-state index contributed by atoms with van der Waals surface area (Å²) in [6.07, 6.45) is 0.871. The largest absolute Gasteiger partial charge is 0.313 e. The van der Waals surface area contributed by atoms with E-state index in [0.29, 0.717) is 0 Å². The van der Waals surface area contributed by atoms with Crippen LogP contribution in [0, 0.1) is 5.82 Å². The van der Waals surface area contributed by atoms with Gasteiger partial charge in [0.15, 0.2) is 0 Å². The number of nitrogens with one attached hydrogen (secondary N) is 1. The van der Waals surface area contributed by atoms with Crippen LogP contribution in [0.2, 0.25) is 0 Å². The van der Waals surface area contributed by atoms with E-state index in [0.717, 1.165) is 16.5 Å². The first kappa shape index (κ1) is 12.7. The maximum absolute atomic E-state index is 13.3. The number of rotatable bonds is 4. The second-order valence-corrected chi connectivity index (χ2v) is 5.58. The first-order chi connectivity index (χ1) is 8.19. The third-order valence-electron chi connectivity index (χ3n) is 2.66. The zero-order valence-electron chi connectivity index (χ0n) is 9.41. The molecule has 0 amide bonds. The van der Waals surface area contributed by atoms with Gasteiger partial charge in [0, 0.05) is 10.5 Å². The van der Waals surface area contributed by atoms with Gasteiger partial charge in [-0.25, -0.2) is 4.39 Å². The van der Waals surface area contributed by atoms with Gasteiger partial charge in [-0.15, -0.1) is 0 Å². The Balaban J connectivity index is 2.22. The maximum atomic E-state index is 13.3. The van der Waals surface area contributed by atoms with Gasteiger partial charge < -0.3 is 5.32 Å². The smallest absolute Gasteiger partial charge is 0.124 e. The highest BCUT2D eigenvalue weighted by molar-refractivity contribution is 9.10. The van der Waals surface area contributed by atoms with E-state index in [2.05, 4.69) is 38.1 Å². The summed E-state index contributed by atoms with van der Waals surface area (Å²) in [5, 5.41) is 7.41. The van der Waals surface area contributed by atoms with Gasteiger partial charge in [0.1, 0.15) is 5.82 Å². The molecule has 1 heterocycles. The predicted octanol–water partition coefficient (Wildman–Crippen LogP) is 4.15. The summed E-state index contributed by atoms with van der Waals surface area (Å²) in [5.41, 5.74) is 2.24. The van der Waals surface area contributed by atoms with E-state index in [1.807, 2.05) is 13.1 Å². The molecule has 0 aliphatic rings. The molecule has 0 radical (unpaired) electrons. The van der Waals surface area contributed by atoms with Gasteiger partial charge in [0.05, 0.1) is 0 Å². The number of likely N-dealkylation sites (N-methyl/N-ethyl adjacent to an activating group) is 1. The Labute approximate surface area is 113 Å². The van der Waals surface area contributed by atoms with Gasteiger partial charge in [0.2, 0.25) is 0 Å². The number of hydrogen-bond acceptors (Lipinski definition) is 2. The Bertz CT molecular complexity index is 464. The average molecular weight is 314 g/mol. The SMILES string of the molecule is CNC(Cc1ccsc1)c1cc(F)cc(Br)c1. The molecule has 1 nitrogen and oxygen atoms in total. The molecule has 17 heavy (non-hydrogen) atoms. The van der Waals surface area contributed by atoms with E-state index in [4.69, 9.17) is 0 Å². The topological polar surface area (TPSA) is 12.0 Å². The molecule has 0 aliphatic carbocycles. The molecule has 0 aliphatic heterocycles. The number of halogens is 2. The van der Waals surface area contributed by atoms with Crippen molar-refractivity contribution in [3.8, 4) is 0 Å². The quantitative estimate of drug-likeness (QED) is 0.894. The van der Waals surface area contributed by atoms with Crippen molar-refractivity contribution in [2.45, 2.75) is 12.5 Å². The van der Waals surface area contributed by atoms with Crippen LogP contribution in [0.3, 0.4) is 0 Å². The van der Waals surface area contributed by atoms with Crippen molar-refractivity contribution in [3.63, 3.8) is 0 Å². The summed E-state index contributed by atoms with van der Waals surface area (Å²) in [5.74, 6) is -0.208. The van der Waals surface area contributed by atoms with Crippen molar-refractivity contribution < 1.29 is 4.39 Å². The van der Waals surface area contributed by atoms with Crippen molar-refractivity contribution in [2.24, 2.45) is 0 Å². The third kappa shape index (κ3) is 3.37. The molecular weight excluding hydrogens is 301 g/mol. The standard InChI is InChI=1S/C13H13BrFNS/c1-16-13(4-9-2-3-17-8-9)10-5-11(14)7-12(15)6-10/h2-3,5-8,13,16H,4H2,1H3. The van der Waals surface area contributed by atoms with Gasteiger partial charge in [-0.05, 0) is 59.6 Å². The molecular formula is C13H13BrFNS. The summed E-state index contributed by atoms with van der Waals surface area (Å²) >= 11 is 5.01. The average Bonchev–Trinajstić information content (AvgIpc) is 2.77. The van der Waals surface area contributed by atoms with E-state index in [-0.39, 0.29) is 11.9 Å². The minimum Gasteiger partial charge on any atom is -0.313 e. The summed E-state index contributed by atoms with van der Waals surface area (Å²) < 4.78 is 14.1. The third-order valence-corrected chi connectivity index (χ3v) is 3.85. The molecule has 2 rings (SSSR count). The van der Waals surface area contributed by atoms with Crippen molar-refractivity contribution in [1.29, 1.82) is 0 Å². The minimum absolute atomic E-state index is 0.136. The van der Waals surface area contributed by atoms with E-state index in [1.54, 1.807) is 17.4 Å². The number of thiophene rings is 1. The zero-order valence-corrected chi connectivity index (χ0v) is 11.8. The molecule has 1 aromatic carbocycles. The highest BCUT2D eigenvalue weighted by atomic mass is 79.9. The predicted molar refractivity (Wildman–Crippen MR) is 73.9 cm³/mol. The molecule has 90 valence electrons. The molecule has 4 heteroatoms. The van der Waals surface area contributed by atoms with Crippen LogP contribution in [-0.2, 0) is 6.42 Å². The highest BCUT2D eigenvalue weighted by Crippen LogP contribution is 2.23. The fourth-order valence-corrected chi connectivity index (χ4v) is 2.97. The fraction of sp³-hybridized carbons (Fsp3) is 0.231. The first-order valence-corrected chi connectivity index (χ1v) is 7.07. The van der Waals surface area contributed by atoms with Crippen molar-refractivity contribution in [3.05, 3.63) is 56.4 Å². The zero-order chi connectivity index (χ0) is 12.3. The van der Waals surface area contributed by atoms with Crippen LogP contribution in [-0.4, -0.2) is 7.05 Å². The molecule has 0 fully saturated rings. The Morgan fingerprint density at radius 2 is 2.24 bits per heavy atom. The van der Waals surface area contributed by atoms with Crippen LogP contribution in [0.15, 0.2) is 39.5 Å². The molecule has 1 aromatic heterocycles. The fourth-order valence-electron chi connectivity index (χ4n) is 1.81. The molecule has 0 saturated carbocycles. The highest BCUT2D eigenvalue weighted by Gasteiger charge is 2.12. The molecule has 1 atom stereocenters. The molecule has 1 N–H and O–H groups in total. The van der Waals surface area contributed by atoms with Crippen molar-refractivity contribution >= 4 is 27.3 Å². The molecule has 1 unspecified atom stereocenters. The van der Waals surface area contributed by atoms with Crippen molar-refractivity contribution in [1.82, 2.24) is 5.32 Å². The molecule has 0 bridgehead atoms. The Morgan fingerprint density at radius 3 is 2.82 bits per heavy atom. The monoisotopic (exact) mass is 313 g/mol.